The minimum absolute atomic E-state index is 0.275. The fourth-order valence-corrected chi connectivity index (χ4v) is 2.73. The van der Waals surface area contributed by atoms with Crippen LogP contribution in [0.15, 0.2) is 0 Å². The Hall–Kier alpha value is -0.650. The van der Waals surface area contributed by atoms with Crippen molar-refractivity contribution in [2.75, 3.05) is 60.0 Å². The lowest BCUT2D eigenvalue weighted by atomic mass is 9.86. The molecular weight excluding hydrogens is 218 g/mol. The predicted molar refractivity (Wildman–Crippen MR) is 65.9 cm³/mol. The van der Waals surface area contributed by atoms with Gasteiger partial charge in [-0.05, 0) is 20.0 Å². The highest BCUT2D eigenvalue weighted by Crippen LogP contribution is 2.28. The van der Waals surface area contributed by atoms with Gasteiger partial charge in [0.1, 0.15) is 0 Å². The average molecular weight is 241 g/mol. The van der Waals surface area contributed by atoms with Crippen LogP contribution in [-0.2, 0) is 9.53 Å². The van der Waals surface area contributed by atoms with Crippen molar-refractivity contribution in [2.45, 2.75) is 6.42 Å². The highest BCUT2D eigenvalue weighted by Gasteiger charge is 2.44. The lowest BCUT2D eigenvalue weighted by Crippen LogP contribution is -2.54. The Kier molecular flexibility index (Phi) is 4.01. The van der Waals surface area contributed by atoms with Crippen LogP contribution < -0.4 is 5.32 Å². The third-order valence-electron chi connectivity index (χ3n) is 3.91. The Morgan fingerprint density at radius 1 is 1.35 bits per heavy atom. The maximum Gasteiger partial charge on any atom is 0.232 e. The topological polar surface area (TPSA) is 44.8 Å². The van der Waals surface area contributed by atoms with Crippen molar-refractivity contribution >= 4 is 5.91 Å². The molecule has 98 valence electrons. The number of piperazine rings is 1. The first-order valence-electron chi connectivity index (χ1n) is 6.35. The molecule has 0 spiro atoms. The van der Waals surface area contributed by atoms with Gasteiger partial charge in [-0.2, -0.15) is 0 Å². The predicted octanol–water partition coefficient (Wildman–Crippen LogP) is -0.613. The number of amides is 1. The fourth-order valence-electron chi connectivity index (χ4n) is 2.73. The Morgan fingerprint density at radius 3 is 2.59 bits per heavy atom. The molecule has 2 saturated heterocycles. The number of nitrogens with one attached hydrogen (secondary N) is 1. The van der Waals surface area contributed by atoms with Gasteiger partial charge >= 0.3 is 0 Å². The lowest BCUT2D eigenvalue weighted by Gasteiger charge is -2.38. The van der Waals surface area contributed by atoms with Crippen LogP contribution in [0, 0.1) is 5.41 Å². The van der Waals surface area contributed by atoms with E-state index in [1.54, 1.807) is 7.11 Å². The number of rotatable bonds is 3. The number of methoxy groups -OCH3 is 1. The fraction of sp³-hybridized carbons (Fsp3) is 0.917. The molecule has 2 rings (SSSR count). The van der Waals surface area contributed by atoms with E-state index in [0.29, 0.717) is 6.61 Å². The molecule has 0 aliphatic carbocycles. The van der Waals surface area contributed by atoms with Gasteiger partial charge in [0.2, 0.25) is 5.91 Å². The molecular formula is C12H23N3O2. The van der Waals surface area contributed by atoms with E-state index in [1.807, 2.05) is 4.90 Å². The molecule has 1 unspecified atom stereocenters. The molecule has 2 aliphatic heterocycles. The van der Waals surface area contributed by atoms with Gasteiger partial charge in [-0.25, -0.2) is 0 Å². The van der Waals surface area contributed by atoms with E-state index in [2.05, 4.69) is 17.3 Å². The Balaban J connectivity index is 2.01. The van der Waals surface area contributed by atoms with Gasteiger partial charge in [-0.3, -0.25) is 4.79 Å². The number of hydrogen-bond donors (Lipinski definition) is 1. The van der Waals surface area contributed by atoms with Crippen molar-refractivity contribution in [3.63, 3.8) is 0 Å². The molecule has 2 aliphatic rings. The number of carbonyl (C=O) groups excluding carboxylic acids is 1. The summed E-state index contributed by atoms with van der Waals surface area (Å²) in [6, 6.07) is 0. The largest absolute Gasteiger partial charge is 0.384 e. The highest BCUT2D eigenvalue weighted by molar-refractivity contribution is 5.83. The first-order chi connectivity index (χ1) is 8.18. The van der Waals surface area contributed by atoms with Crippen LogP contribution in [0.2, 0.25) is 0 Å². The van der Waals surface area contributed by atoms with Gasteiger partial charge in [0, 0.05) is 39.8 Å². The maximum atomic E-state index is 12.6. The number of likely N-dealkylation sites (N-methyl/N-ethyl adjacent to an activating group) is 1. The molecule has 1 atom stereocenters. The third kappa shape index (κ3) is 2.61. The van der Waals surface area contributed by atoms with Crippen LogP contribution in [-0.4, -0.2) is 75.7 Å². The molecule has 1 amide bonds. The van der Waals surface area contributed by atoms with Gasteiger partial charge in [-0.1, -0.05) is 0 Å². The first-order valence-corrected chi connectivity index (χ1v) is 6.35. The van der Waals surface area contributed by atoms with E-state index in [1.165, 1.54) is 0 Å². The summed E-state index contributed by atoms with van der Waals surface area (Å²) in [4.78, 5) is 16.9. The zero-order valence-electron chi connectivity index (χ0n) is 10.9. The highest BCUT2D eigenvalue weighted by atomic mass is 16.5. The van der Waals surface area contributed by atoms with Gasteiger partial charge < -0.3 is 19.9 Å². The maximum absolute atomic E-state index is 12.6. The quantitative estimate of drug-likeness (QED) is 0.716. The van der Waals surface area contributed by atoms with Crippen molar-refractivity contribution in [3.8, 4) is 0 Å². The van der Waals surface area contributed by atoms with E-state index in [4.69, 9.17) is 4.74 Å². The molecule has 0 aromatic carbocycles. The molecule has 5 nitrogen and oxygen atoms in total. The van der Waals surface area contributed by atoms with Crippen LogP contribution in [0.4, 0.5) is 0 Å². The van der Waals surface area contributed by atoms with Crippen molar-refractivity contribution in [3.05, 3.63) is 0 Å². The SMILES string of the molecule is COCC1(C(=O)N2CCN(C)CC2)CCNC1. The summed E-state index contributed by atoms with van der Waals surface area (Å²) in [6.45, 7) is 5.85. The standard InChI is InChI=1S/C12H23N3O2/c1-14-5-7-15(8-6-14)11(16)12(10-17-2)3-4-13-9-12/h13H,3-10H2,1-2H3. The van der Waals surface area contributed by atoms with Gasteiger partial charge in [0.25, 0.3) is 0 Å². The molecule has 5 heteroatoms. The zero-order chi connectivity index (χ0) is 12.3. The second-order valence-corrected chi connectivity index (χ2v) is 5.24. The van der Waals surface area contributed by atoms with E-state index >= 15 is 0 Å². The number of hydrogen-bond acceptors (Lipinski definition) is 4. The Bertz CT molecular complexity index is 269. The number of nitrogens with zero attached hydrogens (tertiary/aromatic N) is 2. The second-order valence-electron chi connectivity index (χ2n) is 5.24. The third-order valence-corrected chi connectivity index (χ3v) is 3.91. The smallest absolute Gasteiger partial charge is 0.232 e. The molecule has 2 heterocycles. The normalized spacial score (nSPS) is 30.8. The summed E-state index contributed by atoms with van der Waals surface area (Å²) in [5.41, 5.74) is -0.315. The molecule has 0 saturated carbocycles. The van der Waals surface area contributed by atoms with Gasteiger partial charge in [0.15, 0.2) is 0 Å². The minimum atomic E-state index is -0.315. The van der Waals surface area contributed by atoms with Gasteiger partial charge in [-0.15, -0.1) is 0 Å². The molecule has 0 bridgehead atoms. The van der Waals surface area contributed by atoms with Gasteiger partial charge in [0.05, 0.1) is 12.0 Å². The summed E-state index contributed by atoms with van der Waals surface area (Å²) in [7, 11) is 3.78. The summed E-state index contributed by atoms with van der Waals surface area (Å²) < 4.78 is 5.26. The van der Waals surface area contributed by atoms with Crippen LogP contribution >= 0.6 is 0 Å². The molecule has 0 aromatic heterocycles. The van der Waals surface area contributed by atoms with E-state index in [9.17, 15) is 4.79 Å². The summed E-state index contributed by atoms with van der Waals surface area (Å²) in [6.07, 6.45) is 0.895. The second kappa shape index (κ2) is 5.33. The lowest BCUT2D eigenvalue weighted by molar-refractivity contribution is -0.145. The average Bonchev–Trinajstić information content (AvgIpc) is 2.79. The Morgan fingerprint density at radius 2 is 2.06 bits per heavy atom. The van der Waals surface area contributed by atoms with E-state index < -0.39 is 0 Å². The van der Waals surface area contributed by atoms with Crippen LogP contribution in [0.3, 0.4) is 0 Å². The summed E-state index contributed by atoms with van der Waals surface area (Å²) in [5.74, 6) is 0.275. The summed E-state index contributed by atoms with van der Waals surface area (Å²) in [5, 5.41) is 3.29. The minimum Gasteiger partial charge on any atom is -0.384 e. The van der Waals surface area contributed by atoms with Crippen molar-refractivity contribution in [1.29, 1.82) is 0 Å². The first kappa shape index (κ1) is 12.8. The number of carbonyl (C=O) groups is 1. The van der Waals surface area contributed by atoms with E-state index in [0.717, 1.165) is 45.7 Å². The number of ether oxygens (including phenoxy) is 1. The monoisotopic (exact) mass is 241 g/mol. The Labute approximate surface area is 103 Å². The molecule has 17 heavy (non-hydrogen) atoms. The molecule has 0 radical (unpaired) electrons. The molecule has 2 fully saturated rings. The van der Waals surface area contributed by atoms with Crippen LogP contribution in [0.1, 0.15) is 6.42 Å². The van der Waals surface area contributed by atoms with E-state index in [-0.39, 0.29) is 11.3 Å². The van der Waals surface area contributed by atoms with Crippen molar-refractivity contribution < 1.29 is 9.53 Å². The molecule has 0 aromatic rings. The van der Waals surface area contributed by atoms with Crippen molar-refractivity contribution in [2.24, 2.45) is 5.41 Å². The van der Waals surface area contributed by atoms with Crippen molar-refractivity contribution in [1.82, 2.24) is 15.1 Å². The summed E-state index contributed by atoms with van der Waals surface area (Å²) >= 11 is 0. The van der Waals surface area contributed by atoms with Crippen LogP contribution in [0.25, 0.3) is 0 Å². The molecule has 1 N–H and O–H groups in total. The van der Waals surface area contributed by atoms with Crippen LogP contribution in [0.5, 0.6) is 0 Å². The zero-order valence-corrected chi connectivity index (χ0v) is 10.9.